The lowest BCUT2D eigenvalue weighted by Crippen LogP contribution is -2.61. The van der Waals surface area contributed by atoms with Gasteiger partial charge in [-0.25, -0.2) is 4.98 Å². The summed E-state index contributed by atoms with van der Waals surface area (Å²) >= 11 is 0. The number of hydrogen-bond donors (Lipinski definition) is 4. The molecule has 3 fully saturated rings. The lowest BCUT2D eigenvalue weighted by molar-refractivity contribution is -0.147. The van der Waals surface area contributed by atoms with Crippen LogP contribution in [-0.2, 0) is 24.0 Å². The maximum Gasteiger partial charge on any atom is 0.289 e. The maximum atomic E-state index is 14.3. The highest BCUT2D eigenvalue weighted by molar-refractivity contribution is 6.38. The van der Waals surface area contributed by atoms with E-state index < -0.39 is 53.0 Å². The minimum Gasteiger partial charge on any atom is -0.347 e. The fourth-order valence-corrected chi connectivity index (χ4v) is 6.16. The maximum absolute atomic E-state index is 14.3. The Labute approximate surface area is 258 Å². The third-order valence-electron chi connectivity index (χ3n) is 8.62. The monoisotopic (exact) mass is 611 g/mol. The van der Waals surface area contributed by atoms with E-state index in [0.717, 1.165) is 38.5 Å². The van der Waals surface area contributed by atoms with Crippen LogP contribution < -0.4 is 21.3 Å². The molecule has 2 heterocycles. The van der Waals surface area contributed by atoms with Gasteiger partial charge in [0.05, 0.1) is 18.8 Å². The second-order valence-electron chi connectivity index (χ2n) is 13.2. The predicted molar refractivity (Wildman–Crippen MR) is 160 cm³/mol. The summed E-state index contributed by atoms with van der Waals surface area (Å²) in [5.41, 5.74) is -0.667. The second kappa shape index (κ2) is 14.3. The Morgan fingerprint density at radius 3 is 2.36 bits per heavy atom. The van der Waals surface area contributed by atoms with E-state index in [0.29, 0.717) is 19.3 Å². The Morgan fingerprint density at radius 1 is 1.00 bits per heavy atom. The first-order chi connectivity index (χ1) is 20.9. The molecule has 240 valence electrons. The molecule has 3 aliphatic rings. The molecule has 1 saturated heterocycles. The molecule has 2 aliphatic carbocycles. The van der Waals surface area contributed by atoms with Gasteiger partial charge in [0.15, 0.2) is 0 Å². The Kier molecular flexibility index (Phi) is 10.7. The number of nitrogens with zero attached hydrogens (tertiary/aromatic N) is 3. The number of fused-ring (bicyclic) bond motifs is 1. The van der Waals surface area contributed by atoms with E-state index in [4.69, 9.17) is 0 Å². The number of likely N-dealkylation sites (tertiary alicyclic amines) is 1. The van der Waals surface area contributed by atoms with E-state index in [1.54, 1.807) is 4.90 Å². The molecule has 44 heavy (non-hydrogen) atoms. The lowest BCUT2D eigenvalue weighted by Gasteiger charge is -2.39. The molecule has 1 aliphatic heterocycles. The standard InChI is InChI=1S/C31H45N7O6/c1-5-8-20(25(40)29(43)35-19-11-12-19)36-28(42)23-15-18-9-6-7-10-22(18)38(23)30(44)26(31(2,3)4)37-24(39)17-34-27(41)21-16-32-13-14-33-21/h13-14,16,18-20,22-23,26H,5-12,15,17H2,1-4H3,(H,34,41)(H,35,43)(H,36,42)(H,37,39)/t18?,20-,22?,23-,26+/m0/s1. The largest absolute Gasteiger partial charge is 0.347 e. The van der Waals surface area contributed by atoms with Crippen LogP contribution in [0.1, 0.15) is 96.0 Å². The first-order valence-electron chi connectivity index (χ1n) is 15.7. The van der Waals surface area contributed by atoms with Crippen molar-refractivity contribution in [2.45, 2.75) is 116 Å². The van der Waals surface area contributed by atoms with Gasteiger partial charge in [-0.15, -0.1) is 0 Å². The van der Waals surface area contributed by atoms with Gasteiger partial charge in [-0.3, -0.25) is 33.8 Å². The normalized spacial score (nSPS) is 22.6. The van der Waals surface area contributed by atoms with Crippen molar-refractivity contribution in [2.24, 2.45) is 11.3 Å². The van der Waals surface area contributed by atoms with Crippen molar-refractivity contribution in [1.82, 2.24) is 36.1 Å². The zero-order chi connectivity index (χ0) is 32.0. The molecule has 1 aromatic rings. The van der Waals surface area contributed by atoms with Gasteiger partial charge in [-0.05, 0) is 49.9 Å². The second-order valence-corrected chi connectivity index (χ2v) is 13.2. The van der Waals surface area contributed by atoms with Crippen molar-refractivity contribution in [3.63, 3.8) is 0 Å². The highest BCUT2D eigenvalue weighted by atomic mass is 16.2. The minimum atomic E-state index is -0.989. The Hall–Kier alpha value is -3.90. The number of hydrogen-bond acceptors (Lipinski definition) is 8. The molecule has 4 N–H and O–H groups in total. The number of Topliss-reactive ketones (excluding diaryl/α,β-unsaturated/α-hetero) is 1. The van der Waals surface area contributed by atoms with E-state index in [1.807, 2.05) is 27.7 Å². The minimum absolute atomic E-state index is 0.0142. The SMILES string of the molecule is CCC[C@H](NC(=O)[C@@H]1CC2CCCCC2N1C(=O)[C@@H](NC(=O)CNC(=O)c1cnccn1)C(C)(C)C)C(=O)C(=O)NC1CC1. The van der Waals surface area contributed by atoms with Crippen LogP contribution in [0.2, 0.25) is 0 Å². The summed E-state index contributed by atoms with van der Waals surface area (Å²) in [7, 11) is 0. The molecular weight excluding hydrogens is 566 g/mol. The first kappa shape index (κ1) is 33.0. The van der Waals surface area contributed by atoms with Crippen molar-refractivity contribution in [3.05, 3.63) is 24.3 Å². The van der Waals surface area contributed by atoms with Gasteiger partial charge >= 0.3 is 0 Å². The molecule has 2 saturated carbocycles. The fraction of sp³-hybridized carbons (Fsp3) is 0.677. The first-order valence-corrected chi connectivity index (χ1v) is 15.7. The quantitative estimate of drug-likeness (QED) is 0.253. The highest BCUT2D eigenvalue weighted by Gasteiger charge is 2.51. The van der Waals surface area contributed by atoms with Gasteiger partial charge in [-0.1, -0.05) is 47.0 Å². The van der Waals surface area contributed by atoms with Gasteiger partial charge in [0.25, 0.3) is 11.8 Å². The van der Waals surface area contributed by atoms with Crippen molar-refractivity contribution in [1.29, 1.82) is 0 Å². The van der Waals surface area contributed by atoms with E-state index in [1.165, 1.54) is 18.6 Å². The van der Waals surface area contributed by atoms with Crippen molar-refractivity contribution in [3.8, 4) is 0 Å². The van der Waals surface area contributed by atoms with Crippen LogP contribution in [-0.4, -0.2) is 86.9 Å². The average Bonchev–Trinajstić information content (AvgIpc) is 3.73. The number of aromatic nitrogens is 2. The number of rotatable bonds is 12. The van der Waals surface area contributed by atoms with Crippen LogP contribution in [0.25, 0.3) is 0 Å². The van der Waals surface area contributed by atoms with Gasteiger partial charge < -0.3 is 26.2 Å². The molecule has 0 radical (unpaired) electrons. The Morgan fingerprint density at radius 2 is 1.73 bits per heavy atom. The zero-order valence-corrected chi connectivity index (χ0v) is 26.1. The molecule has 0 aromatic carbocycles. The predicted octanol–water partition coefficient (Wildman–Crippen LogP) is 1.03. The molecule has 13 nitrogen and oxygen atoms in total. The van der Waals surface area contributed by atoms with Crippen LogP contribution in [0.4, 0.5) is 0 Å². The molecule has 0 spiro atoms. The Bertz CT molecular complexity index is 1250. The molecular formula is C31H45N7O6. The summed E-state index contributed by atoms with van der Waals surface area (Å²) in [5, 5.41) is 10.8. The number of carbonyl (C=O) groups is 6. The molecule has 4 rings (SSSR count). The average molecular weight is 612 g/mol. The summed E-state index contributed by atoms with van der Waals surface area (Å²) in [6, 6.07) is -2.98. The molecule has 5 amide bonds. The number of ketones is 1. The topological polar surface area (TPSA) is 180 Å². The van der Waals surface area contributed by atoms with Crippen LogP contribution in [0.15, 0.2) is 18.6 Å². The van der Waals surface area contributed by atoms with Crippen LogP contribution in [0.5, 0.6) is 0 Å². The van der Waals surface area contributed by atoms with Crippen molar-refractivity contribution < 1.29 is 28.8 Å². The smallest absolute Gasteiger partial charge is 0.289 e. The third kappa shape index (κ3) is 8.17. The molecule has 0 bridgehead atoms. The van der Waals surface area contributed by atoms with Crippen LogP contribution in [0, 0.1) is 11.3 Å². The van der Waals surface area contributed by atoms with E-state index >= 15 is 0 Å². The summed E-state index contributed by atoms with van der Waals surface area (Å²) in [4.78, 5) is 88.4. The molecule has 13 heteroatoms. The fourth-order valence-electron chi connectivity index (χ4n) is 6.16. The molecule has 2 unspecified atom stereocenters. The molecule has 5 atom stereocenters. The van der Waals surface area contributed by atoms with Crippen molar-refractivity contribution in [2.75, 3.05) is 6.54 Å². The number of amides is 5. The van der Waals surface area contributed by atoms with Gasteiger partial charge in [-0.2, -0.15) is 0 Å². The summed E-state index contributed by atoms with van der Waals surface area (Å²) < 4.78 is 0. The Balaban J connectivity index is 1.49. The van der Waals surface area contributed by atoms with Crippen LogP contribution in [0.3, 0.4) is 0 Å². The summed E-state index contributed by atoms with van der Waals surface area (Å²) in [6.07, 6.45) is 10.6. The molecule has 1 aromatic heterocycles. The summed E-state index contributed by atoms with van der Waals surface area (Å²) in [6.45, 7) is 6.97. The van der Waals surface area contributed by atoms with Crippen LogP contribution >= 0.6 is 0 Å². The lowest BCUT2D eigenvalue weighted by atomic mass is 9.83. The highest BCUT2D eigenvalue weighted by Crippen LogP contribution is 2.41. The number of nitrogens with one attached hydrogen (secondary N) is 4. The zero-order valence-electron chi connectivity index (χ0n) is 26.1. The van der Waals surface area contributed by atoms with E-state index in [2.05, 4.69) is 31.2 Å². The summed E-state index contributed by atoms with van der Waals surface area (Å²) in [5.74, 6) is -3.24. The number of carbonyl (C=O) groups excluding carboxylic acids is 6. The van der Waals surface area contributed by atoms with E-state index in [9.17, 15) is 28.8 Å². The van der Waals surface area contributed by atoms with Gasteiger partial charge in [0.2, 0.25) is 23.5 Å². The van der Waals surface area contributed by atoms with Gasteiger partial charge in [0, 0.05) is 24.5 Å². The van der Waals surface area contributed by atoms with E-state index in [-0.39, 0.29) is 36.1 Å². The van der Waals surface area contributed by atoms with Crippen molar-refractivity contribution >= 4 is 35.3 Å². The third-order valence-corrected chi connectivity index (χ3v) is 8.62. The van der Waals surface area contributed by atoms with Gasteiger partial charge in [0.1, 0.15) is 17.8 Å².